The molecule has 0 saturated heterocycles. The molecule has 0 bridgehead atoms. The Morgan fingerprint density at radius 1 is 0.581 bits per heavy atom. The van der Waals surface area contributed by atoms with Crippen molar-refractivity contribution in [3.8, 4) is 0 Å². The average molecular weight is 634 g/mol. The quantitative estimate of drug-likeness (QED) is 0.150. The van der Waals surface area contributed by atoms with Gasteiger partial charge in [0.1, 0.15) is 0 Å². The van der Waals surface area contributed by atoms with Gasteiger partial charge in [0.2, 0.25) is 5.91 Å². The molecule has 0 heterocycles. The van der Waals surface area contributed by atoms with E-state index < -0.39 is 0 Å². The Kier molecular flexibility index (Phi) is 13.0. The van der Waals surface area contributed by atoms with Crippen LogP contribution in [0.3, 0.4) is 0 Å². The SMILES string of the molecule is CC(=CC(CCSC(C)(C)c1ccccc1)(CCSC(C)(C)c1ccccc1)CCSC(C)(C)c1ccccc1)C(N)=O. The topological polar surface area (TPSA) is 43.1 Å². The third kappa shape index (κ3) is 10.8. The molecule has 3 rings (SSSR count). The van der Waals surface area contributed by atoms with E-state index >= 15 is 0 Å². The van der Waals surface area contributed by atoms with Crippen LogP contribution in [0.2, 0.25) is 0 Å². The summed E-state index contributed by atoms with van der Waals surface area (Å²) in [7, 11) is 0. The highest BCUT2D eigenvalue weighted by Crippen LogP contribution is 2.46. The predicted octanol–water partition coefficient (Wildman–Crippen LogP) is 10.6. The summed E-state index contributed by atoms with van der Waals surface area (Å²) in [5.74, 6) is 2.69. The number of primary amides is 1. The van der Waals surface area contributed by atoms with Gasteiger partial charge in [0, 0.05) is 19.8 Å². The van der Waals surface area contributed by atoms with E-state index in [4.69, 9.17) is 5.73 Å². The Bertz CT molecular complexity index is 1160. The van der Waals surface area contributed by atoms with Crippen molar-refractivity contribution >= 4 is 41.2 Å². The van der Waals surface area contributed by atoms with Gasteiger partial charge < -0.3 is 5.73 Å². The number of nitrogens with two attached hydrogens (primary N) is 1. The third-order valence-corrected chi connectivity index (χ3v) is 12.6. The lowest BCUT2D eigenvalue weighted by Crippen LogP contribution is -2.27. The van der Waals surface area contributed by atoms with Gasteiger partial charge in [-0.1, -0.05) is 97.1 Å². The Morgan fingerprint density at radius 3 is 1.12 bits per heavy atom. The van der Waals surface area contributed by atoms with E-state index in [1.54, 1.807) is 0 Å². The van der Waals surface area contributed by atoms with Crippen molar-refractivity contribution in [1.82, 2.24) is 0 Å². The molecule has 1 amide bonds. The molecule has 0 atom stereocenters. The molecule has 0 aliphatic carbocycles. The fraction of sp³-hybridized carbons (Fsp3) is 0.447. The van der Waals surface area contributed by atoms with Crippen LogP contribution in [0.25, 0.3) is 0 Å². The Labute approximate surface area is 274 Å². The van der Waals surface area contributed by atoms with Crippen LogP contribution in [-0.2, 0) is 19.0 Å². The summed E-state index contributed by atoms with van der Waals surface area (Å²) >= 11 is 6.02. The van der Waals surface area contributed by atoms with Crippen molar-refractivity contribution in [1.29, 1.82) is 0 Å². The molecule has 0 saturated carbocycles. The summed E-state index contributed by atoms with van der Waals surface area (Å²) < 4.78 is 0.0106. The molecule has 0 aliphatic rings. The van der Waals surface area contributed by atoms with Gasteiger partial charge >= 0.3 is 0 Å². The normalized spacial score (nSPS) is 13.2. The molecule has 0 unspecified atom stereocenters. The van der Waals surface area contributed by atoms with E-state index in [2.05, 4.69) is 139 Å². The summed E-state index contributed by atoms with van der Waals surface area (Å²) in [4.78, 5) is 12.4. The molecular formula is C38H51NOS3. The second kappa shape index (κ2) is 15.8. The van der Waals surface area contributed by atoms with Gasteiger partial charge in [-0.2, -0.15) is 35.3 Å². The molecule has 232 valence electrons. The van der Waals surface area contributed by atoms with Crippen LogP contribution < -0.4 is 5.73 Å². The first-order valence-electron chi connectivity index (χ1n) is 15.3. The zero-order valence-electron chi connectivity index (χ0n) is 27.2. The Balaban J connectivity index is 1.84. The fourth-order valence-electron chi connectivity index (χ4n) is 5.42. The molecule has 3 aromatic rings. The highest BCUT2D eigenvalue weighted by molar-refractivity contribution is 8.00. The van der Waals surface area contributed by atoms with Crippen molar-refractivity contribution in [2.75, 3.05) is 17.3 Å². The standard InChI is InChI=1S/C38H51NOS3/c1-30(34(39)40)29-38(23-26-41-35(2,3)31-17-11-8-12-18-31,24-27-42-36(4,5)32-19-13-9-14-20-32)25-28-43-37(6,7)33-21-15-10-16-22-33/h8-22,29H,23-28H2,1-7H3,(H2,39,40). The van der Waals surface area contributed by atoms with E-state index in [1.165, 1.54) is 16.7 Å². The number of benzene rings is 3. The van der Waals surface area contributed by atoms with Gasteiger partial charge in [0.15, 0.2) is 0 Å². The van der Waals surface area contributed by atoms with Crippen LogP contribution in [-0.4, -0.2) is 23.2 Å². The predicted molar refractivity (Wildman–Crippen MR) is 195 cm³/mol. The van der Waals surface area contributed by atoms with Crippen molar-refractivity contribution in [2.24, 2.45) is 11.1 Å². The number of allylic oxidation sites excluding steroid dienone is 1. The highest BCUT2D eigenvalue weighted by Gasteiger charge is 2.32. The monoisotopic (exact) mass is 633 g/mol. The number of amides is 1. The lowest BCUT2D eigenvalue weighted by molar-refractivity contribution is -0.114. The average Bonchev–Trinajstić information content (AvgIpc) is 2.98. The Hall–Kier alpha value is -2.08. The van der Waals surface area contributed by atoms with Crippen molar-refractivity contribution < 1.29 is 4.79 Å². The second-order valence-corrected chi connectivity index (χ2v) is 18.1. The zero-order chi connectivity index (χ0) is 31.6. The first kappa shape index (κ1) is 35.4. The van der Waals surface area contributed by atoms with Gasteiger partial charge in [0.05, 0.1) is 0 Å². The summed E-state index contributed by atoms with van der Waals surface area (Å²) in [5.41, 5.74) is 10.4. The fourth-order valence-corrected chi connectivity index (χ4v) is 9.38. The van der Waals surface area contributed by atoms with E-state index in [0.717, 1.165) is 36.5 Å². The highest BCUT2D eigenvalue weighted by atomic mass is 32.2. The summed E-state index contributed by atoms with van der Waals surface area (Å²) in [6.45, 7) is 15.8. The zero-order valence-corrected chi connectivity index (χ0v) is 29.6. The number of hydrogen-bond acceptors (Lipinski definition) is 4. The molecule has 3 aromatic carbocycles. The molecule has 0 fully saturated rings. The lowest BCUT2D eigenvalue weighted by Gasteiger charge is -2.36. The first-order chi connectivity index (χ1) is 20.3. The molecule has 0 spiro atoms. The second-order valence-electron chi connectivity index (χ2n) is 13.0. The van der Waals surface area contributed by atoms with Crippen LogP contribution >= 0.6 is 35.3 Å². The van der Waals surface area contributed by atoms with E-state index in [1.807, 2.05) is 42.2 Å². The molecular weight excluding hydrogens is 583 g/mol. The minimum absolute atomic E-state index is 0.00352. The van der Waals surface area contributed by atoms with Crippen LogP contribution in [0.15, 0.2) is 103 Å². The summed E-state index contributed by atoms with van der Waals surface area (Å²) in [6, 6.07) is 32.3. The number of hydrogen-bond donors (Lipinski definition) is 1. The van der Waals surface area contributed by atoms with Crippen LogP contribution in [0, 0.1) is 5.41 Å². The number of rotatable bonds is 17. The Morgan fingerprint density at radius 2 is 0.860 bits per heavy atom. The van der Waals surface area contributed by atoms with Crippen molar-refractivity contribution in [3.63, 3.8) is 0 Å². The largest absolute Gasteiger partial charge is 0.366 e. The molecule has 0 aliphatic heterocycles. The van der Waals surface area contributed by atoms with Gasteiger partial charge in [-0.3, -0.25) is 4.79 Å². The molecule has 0 aromatic heterocycles. The van der Waals surface area contributed by atoms with Gasteiger partial charge in [-0.05, 0) is 107 Å². The molecule has 5 heteroatoms. The van der Waals surface area contributed by atoms with Crippen molar-refractivity contribution in [2.45, 2.75) is 82.0 Å². The molecule has 2 nitrogen and oxygen atoms in total. The smallest absolute Gasteiger partial charge is 0.244 e. The van der Waals surface area contributed by atoms with E-state index in [9.17, 15) is 4.79 Å². The van der Waals surface area contributed by atoms with Gasteiger partial charge in [-0.15, -0.1) is 0 Å². The number of carbonyl (C=O) groups excluding carboxylic acids is 1. The maximum atomic E-state index is 12.4. The van der Waals surface area contributed by atoms with Crippen LogP contribution in [0.1, 0.15) is 84.4 Å². The van der Waals surface area contributed by atoms with E-state index in [0.29, 0.717) is 5.57 Å². The van der Waals surface area contributed by atoms with Crippen LogP contribution in [0.5, 0.6) is 0 Å². The van der Waals surface area contributed by atoms with Gasteiger partial charge in [0.25, 0.3) is 0 Å². The molecule has 0 radical (unpaired) electrons. The maximum absolute atomic E-state index is 12.4. The lowest BCUT2D eigenvalue weighted by atomic mass is 9.78. The first-order valence-corrected chi connectivity index (χ1v) is 18.3. The van der Waals surface area contributed by atoms with Crippen molar-refractivity contribution in [3.05, 3.63) is 119 Å². The molecule has 2 N–H and O–H groups in total. The number of thioether (sulfide) groups is 3. The third-order valence-electron chi connectivity index (χ3n) is 8.51. The maximum Gasteiger partial charge on any atom is 0.244 e. The molecule has 43 heavy (non-hydrogen) atoms. The minimum Gasteiger partial charge on any atom is -0.366 e. The van der Waals surface area contributed by atoms with Gasteiger partial charge in [-0.25, -0.2) is 0 Å². The van der Waals surface area contributed by atoms with E-state index in [-0.39, 0.29) is 25.6 Å². The minimum atomic E-state index is -0.323. The summed E-state index contributed by atoms with van der Waals surface area (Å²) in [5, 5.41) is 0. The number of carbonyl (C=O) groups is 1. The summed E-state index contributed by atoms with van der Waals surface area (Å²) in [6.07, 6.45) is 5.23. The van der Waals surface area contributed by atoms with Crippen LogP contribution in [0.4, 0.5) is 0 Å².